The van der Waals surface area contributed by atoms with Gasteiger partial charge in [0, 0.05) is 12.4 Å². The van der Waals surface area contributed by atoms with E-state index in [1.807, 2.05) is 0 Å². The molecule has 11 heavy (non-hydrogen) atoms. The zero-order chi connectivity index (χ0) is 8.48. The Labute approximate surface area is 61.3 Å². The molecule has 0 saturated heterocycles. The molecule has 0 fully saturated rings. The van der Waals surface area contributed by atoms with Gasteiger partial charge in [0.1, 0.15) is 0 Å². The van der Waals surface area contributed by atoms with Crippen molar-refractivity contribution in [3.05, 3.63) is 28.9 Å². The quantitative estimate of drug-likeness (QED) is 0.545. The molecule has 2 N–H and O–H groups in total. The standard InChI is InChI=1S/C4H5N2O4P/c7-4-5-2-1-3-6(4)11(8,9)10/h1-3H,(H2,8,9,10). The van der Waals surface area contributed by atoms with Gasteiger partial charge in [0.05, 0.1) is 0 Å². The van der Waals surface area contributed by atoms with Gasteiger partial charge in [-0.2, -0.15) is 0 Å². The summed E-state index contributed by atoms with van der Waals surface area (Å²) in [6.07, 6.45) is 2.14. The highest BCUT2D eigenvalue weighted by atomic mass is 31.2. The molecule has 0 amide bonds. The monoisotopic (exact) mass is 176 g/mol. The molecule has 0 aliphatic rings. The Hall–Kier alpha value is -0.970. The average molecular weight is 176 g/mol. The minimum Gasteiger partial charge on any atom is -0.308 e. The van der Waals surface area contributed by atoms with Crippen LogP contribution in [-0.4, -0.2) is 19.1 Å². The number of aromatic nitrogens is 2. The molecule has 1 aromatic rings. The third-order valence-corrected chi connectivity index (χ3v) is 1.84. The molecule has 0 unspecified atom stereocenters. The van der Waals surface area contributed by atoms with Crippen LogP contribution in [0, 0.1) is 0 Å². The van der Waals surface area contributed by atoms with Crippen LogP contribution < -0.4 is 5.69 Å². The molecule has 0 atom stereocenters. The molecule has 0 aromatic carbocycles. The van der Waals surface area contributed by atoms with Crippen molar-refractivity contribution in [2.75, 3.05) is 0 Å². The maximum Gasteiger partial charge on any atom is 0.437 e. The van der Waals surface area contributed by atoms with Crippen LogP contribution in [0.2, 0.25) is 0 Å². The summed E-state index contributed by atoms with van der Waals surface area (Å²) in [4.78, 5) is 30.8. The molecule has 0 radical (unpaired) electrons. The molecule has 0 aliphatic heterocycles. The molecule has 60 valence electrons. The second-order valence-electron chi connectivity index (χ2n) is 1.76. The zero-order valence-corrected chi connectivity index (χ0v) is 6.18. The lowest BCUT2D eigenvalue weighted by molar-refractivity contribution is 0.358. The first-order valence-corrected chi connectivity index (χ1v) is 4.18. The van der Waals surface area contributed by atoms with Crippen molar-refractivity contribution in [3.63, 3.8) is 0 Å². The van der Waals surface area contributed by atoms with Crippen molar-refractivity contribution in [3.8, 4) is 0 Å². The Morgan fingerprint density at radius 3 is 2.55 bits per heavy atom. The molecule has 0 saturated carbocycles. The van der Waals surface area contributed by atoms with E-state index in [4.69, 9.17) is 9.79 Å². The third kappa shape index (κ3) is 1.74. The van der Waals surface area contributed by atoms with E-state index >= 15 is 0 Å². The van der Waals surface area contributed by atoms with Crippen LogP contribution in [0.4, 0.5) is 0 Å². The fourth-order valence-corrected chi connectivity index (χ4v) is 1.07. The Balaban J connectivity index is 3.37. The van der Waals surface area contributed by atoms with Crippen LogP contribution in [0.3, 0.4) is 0 Å². The predicted octanol–water partition coefficient (Wildman–Crippen LogP) is -0.816. The van der Waals surface area contributed by atoms with E-state index in [-0.39, 0.29) is 4.34 Å². The SMILES string of the molecule is O=c1ncccn1P(=O)(O)O. The average Bonchev–Trinajstić information content (AvgIpc) is 1.86. The number of nitrogens with zero attached hydrogens (tertiary/aromatic N) is 2. The summed E-state index contributed by atoms with van der Waals surface area (Å²) in [5, 5.41) is 0. The maximum absolute atomic E-state index is 10.6. The van der Waals surface area contributed by atoms with Crippen molar-refractivity contribution >= 4 is 7.75 Å². The Morgan fingerprint density at radius 1 is 1.55 bits per heavy atom. The molecule has 1 aromatic heterocycles. The van der Waals surface area contributed by atoms with Crippen LogP contribution in [0.1, 0.15) is 0 Å². The Morgan fingerprint density at radius 2 is 2.18 bits per heavy atom. The van der Waals surface area contributed by atoms with Gasteiger partial charge in [-0.1, -0.05) is 0 Å². The topological polar surface area (TPSA) is 92.4 Å². The Bertz CT molecular complexity index is 353. The predicted molar refractivity (Wildman–Crippen MR) is 35.9 cm³/mol. The zero-order valence-electron chi connectivity index (χ0n) is 5.28. The first kappa shape index (κ1) is 8.13. The highest BCUT2D eigenvalue weighted by Crippen LogP contribution is 2.33. The van der Waals surface area contributed by atoms with Gasteiger partial charge in [0.2, 0.25) is 0 Å². The van der Waals surface area contributed by atoms with E-state index in [2.05, 4.69) is 4.98 Å². The van der Waals surface area contributed by atoms with Gasteiger partial charge in [0.25, 0.3) is 0 Å². The molecule has 1 rings (SSSR count). The van der Waals surface area contributed by atoms with Crippen molar-refractivity contribution in [2.24, 2.45) is 0 Å². The molecular weight excluding hydrogens is 171 g/mol. The highest BCUT2D eigenvalue weighted by molar-refractivity contribution is 7.50. The smallest absolute Gasteiger partial charge is 0.308 e. The first-order chi connectivity index (χ1) is 5.02. The molecule has 6 nitrogen and oxygen atoms in total. The second kappa shape index (κ2) is 2.58. The van der Waals surface area contributed by atoms with Crippen molar-refractivity contribution in [2.45, 2.75) is 0 Å². The van der Waals surface area contributed by atoms with Crippen molar-refractivity contribution in [1.82, 2.24) is 9.32 Å². The normalized spacial score (nSPS) is 11.5. The van der Waals surface area contributed by atoms with E-state index in [0.29, 0.717) is 0 Å². The van der Waals surface area contributed by atoms with Crippen LogP contribution >= 0.6 is 7.75 Å². The minimum absolute atomic E-state index is 0.271. The second-order valence-corrected chi connectivity index (χ2v) is 3.22. The van der Waals surface area contributed by atoms with Crippen LogP contribution in [0.25, 0.3) is 0 Å². The van der Waals surface area contributed by atoms with E-state index < -0.39 is 13.4 Å². The fourth-order valence-electron chi connectivity index (χ4n) is 0.548. The maximum atomic E-state index is 10.6. The summed E-state index contributed by atoms with van der Waals surface area (Å²) in [6.45, 7) is 0. The van der Waals surface area contributed by atoms with Crippen LogP contribution in [0.5, 0.6) is 0 Å². The van der Waals surface area contributed by atoms with Gasteiger partial charge in [0.15, 0.2) is 0 Å². The summed E-state index contributed by atoms with van der Waals surface area (Å²) < 4.78 is 10.7. The van der Waals surface area contributed by atoms with Gasteiger partial charge in [-0.3, -0.25) is 0 Å². The summed E-state index contributed by atoms with van der Waals surface area (Å²) in [7, 11) is -4.51. The van der Waals surface area contributed by atoms with Crippen molar-refractivity contribution in [1.29, 1.82) is 0 Å². The lowest BCUT2D eigenvalue weighted by Gasteiger charge is -2.03. The van der Waals surface area contributed by atoms with Crippen LogP contribution in [-0.2, 0) is 4.57 Å². The molecule has 7 heteroatoms. The van der Waals surface area contributed by atoms with Crippen LogP contribution in [0.15, 0.2) is 23.3 Å². The van der Waals surface area contributed by atoms with Gasteiger partial charge in [-0.15, -0.1) is 0 Å². The van der Waals surface area contributed by atoms with E-state index in [9.17, 15) is 9.36 Å². The lowest BCUT2D eigenvalue weighted by atomic mass is 10.7. The first-order valence-electron chi connectivity index (χ1n) is 2.62. The van der Waals surface area contributed by atoms with Gasteiger partial charge in [-0.05, 0) is 6.07 Å². The molecular formula is C4H5N2O4P. The van der Waals surface area contributed by atoms with E-state index in [1.165, 1.54) is 6.07 Å². The Kier molecular flexibility index (Phi) is 1.90. The largest absolute Gasteiger partial charge is 0.437 e. The van der Waals surface area contributed by atoms with E-state index in [1.54, 1.807) is 0 Å². The lowest BCUT2D eigenvalue weighted by Crippen LogP contribution is -2.19. The molecule has 0 bridgehead atoms. The number of hydrogen-bond donors (Lipinski definition) is 2. The fraction of sp³-hybridized carbons (Fsp3) is 0. The van der Waals surface area contributed by atoms with Gasteiger partial charge < -0.3 is 9.79 Å². The molecule has 0 spiro atoms. The number of rotatable bonds is 1. The summed E-state index contributed by atoms with van der Waals surface area (Å²) in [5.74, 6) is 0. The molecule has 1 heterocycles. The number of hydrogen-bond acceptors (Lipinski definition) is 3. The summed E-state index contributed by atoms with van der Waals surface area (Å²) >= 11 is 0. The van der Waals surface area contributed by atoms with Gasteiger partial charge >= 0.3 is 13.4 Å². The van der Waals surface area contributed by atoms with E-state index in [0.717, 1.165) is 12.4 Å². The minimum atomic E-state index is -4.51. The highest BCUT2D eigenvalue weighted by Gasteiger charge is 2.16. The third-order valence-electron chi connectivity index (χ3n) is 0.975. The van der Waals surface area contributed by atoms with Crippen molar-refractivity contribution < 1.29 is 14.4 Å². The van der Waals surface area contributed by atoms with Gasteiger partial charge in [-0.25, -0.2) is 18.7 Å². The summed E-state index contributed by atoms with van der Waals surface area (Å²) in [6, 6.07) is 1.26. The summed E-state index contributed by atoms with van der Waals surface area (Å²) in [5.41, 5.74) is -0.958. The molecule has 0 aliphatic carbocycles.